The molecule has 0 aliphatic carbocycles. The highest BCUT2D eigenvalue weighted by Crippen LogP contribution is 2.13. The molecule has 0 aromatic rings. The van der Waals surface area contributed by atoms with Crippen molar-refractivity contribution in [3.63, 3.8) is 0 Å². The second kappa shape index (κ2) is 6.66. The van der Waals surface area contributed by atoms with Gasteiger partial charge in [0, 0.05) is 6.08 Å². The predicted octanol–water partition coefficient (Wildman–Crippen LogP) is 1.16. The van der Waals surface area contributed by atoms with Crippen LogP contribution >= 0.6 is 0 Å². The zero-order valence-corrected chi connectivity index (χ0v) is 9.63. The summed E-state index contributed by atoms with van der Waals surface area (Å²) in [5.74, 6) is -0.459. The first kappa shape index (κ1) is 13.2. The van der Waals surface area contributed by atoms with Crippen molar-refractivity contribution in [2.45, 2.75) is 57.3 Å². The molecule has 0 bridgehead atoms. The molecule has 3 atom stereocenters. The molecule has 0 saturated carbocycles. The Kier molecular flexibility index (Phi) is 5.49. The summed E-state index contributed by atoms with van der Waals surface area (Å²) in [6, 6.07) is 0. The van der Waals surface area contributed by atoms with Crippen molar-refractivity contribution >= 4 is 5.97 Å². The summed E-state index contributed by atoms with van der Waals surface area (Å²) < 4.78 is 5.09. The molecule has 4 heteroatoms. The number of cyclic esters (lactones) is 1. The molecule has 0 spiro atoms. The van der Waals surface area contributed by atoms with Crippen LogP contribution in [0.1, 0.15) is 39.0 Å². The van der Waals surface area contributed by atoms with Crippen molar-refractivity contribution in [3.8, 4) is 0 Å². The first-order valence-corrected chi connectivity index (χ1v) is 5.84. The maximum Gasteiger partial charge on any atom is 0.330 e. The Morgan fingerprint density at radius 1 is 1.25 bits per heavy atom. The zero-order chi connectivity index (χ0) is 12.0. The van der Waals surface area contributed by atoms with Crippen molar-refractivity contribution in [2.75, 3.05) is 0 Å². The van der Waals surface area contributed by atoms with Gasteiger partial charge in [-0.05, 0) is 32.3 Å². The number of aliphatic hydroxyl groups excluding tert-OH is 2. The smallest absolute Gasteiger partial charge is 0.330 e. The Balaban J connectivity index is 2.58. The maximum atomic E-state index is 11.3. The fourth-order valence-corrected chi connectivity index (χ4v) is 1.73. The van der Waals surface area contributed by atoms with E-state index in [-0.39, 0.29) is 6.10 Å². The fourth-order valence-electron chi connectivity index (χ4n) is 1.73. The lowest BCUT2D eigenvalue weighted by Gasteiger charge is -2.16. The molecule has 1 aliphatic rings. The van der Waals surface area contributed by atoms with Gasteiger partial charge < -0.3 is 14.9 Å². The minimum Gasteiger partial charge on any atom is -0.460 e. The largest absolute Gasteiger partial charge is 0.460 e. The molecule has 1 aliphatic heterocycles. The first-order chi connectivity index (χ1) is 7.59. The fraction of sp³-hybridized carbons (Fsp3) is 0.750. The molecule has 0 fully saturated rings. The van der Waals surface area contributed by atoms with Gasteiger partial charge in [0.05, 0.1) is 18.3 Å². The minimum atomic E-state index is -0.984. The van der Waals surface area contributed by atoms with Crippen molar-refractivity contribution in [1.29, 1.82) is 0 Å². The number of ether oxygens (including phenoxy) is 1. The van der Waals surface area contributed by atoms with E-state index in [0.717, 1.165) is 25.7 Å². The van der Waals surface area contributed by atoms with E-state index in [2.05, 4.69) is 0 Å². The van der Waals surface area contributed by atoms with Crippen molar-refractivity contribution in [2.24, 2.45) is 0 Å². The highest BCUT2D eigenvalue weighted by atomic mass is 16.5. The number of rotatable bonds is 0. The van der Waals surface area contributed by atoms with Crippen LogP contribution in [0.4, 0.5) is 0 Å². The lowest BCUT2D eigenvalue weighted by atomic mass is 10.0. The highest BCUT2D eigenvalue weighted by Gasteiger charge is 2.15. The van der Waals surface area contributed by atoms with Gasteiger partial charge in [-0.3, -0.25) is 0 Å². The Morgan fingerprint density at radius 3 is 2.69 bits per heavy atom. The molecule has 2 N–H and O–H groups in total. The van der Waals surface area contributed by atoms with E-state index < -0.39 is 18.2 Å². The monoisotopic (exact) mass is 228 g/mol. The lowest BCUT2D eigenvalue weighted by molar-refractivity contribution is -0.142. The predicted molar refractivity (Wildman–Crippen MR) is 59.8 cm³/mol. The molecule has 0 aromatic heterocycles. The summed E-state index contributed by atoms with van der Waals surface area (Å²) in [6.07, 6.45) is 4.87. The van der Waals surface area contributed by atoms with Crippen LogP contribution < -0.4 is 0 Å². The average molecular weight is 228 g/mol. The van der Waals surface area contributed by atoms with Gasteiger partial charge in [0.2, 0.25) is 0 Å². The maximum absolute atomic E-state index is 11.3. The quantitative estimate of drug-likeness (QED) is 0.611. The van der Waals surface area contributed by atoms with Crippen LogP contribution in [-0.4, -0.2) is 34.5 Å². The third-order valence-corrected chi connectivity index (χ3v) is 2.75. The zero-order valence-electron chi connectivity index (χ0n) is 9.63. The summed E-state index contributed by atoms with van der Waals surface area (Å²) in [7, 11) is 0. The van der Waals surface area contributed by atoms with Gasteiger partial charge in [-0.1, -0.05) is 12.8 Å². The van der Waals surface area contributed by atoms with E-state index in [4.69, 9.17) is 4.74 Å². The minimum absolute atomic E-state index is 0.0846. The Morgan fingerprint density at radius 2 is 1.94 bits per heavy atom. The summed E-state index contributed by atoms with van der Waals surface area (Å²) in [6.45, 7) is 1.86. The molecule has 4 nitrogen and oxygen atoms in total. The molecule has 0 aromatic carbocycles. The summed E-state index contributed by atoms with van der Waals surface area (Å²) >= 11 is 0. The van der Waals surface area contributed by atoms with Gasteiger partial charge in [0.25, 0.3) is 0 Å². The Bertz CT molecular complexity index is 249. The summed E-state index contributed by atoms with van der Waals surface area (Å²) in [5, 5.41) is 19.0. The van der Waals surface area contributed by atoms with E-state index in [1.54, 1.807) is 0 Å². The van der Waals surface area contributed by atoms with Crippen molar-refractivity contribution in [1.82, 2.24) is 0 Å². The molecule has 0 unspecified atom stereocenters. The molecule has 0 amide bonds. The third kappa shape index (κ3) is 4.77. The highest BCUT2D eigenvalue weighted by molar-refractivity contribution is 5.82. The van der Waals surface area contributed by atoms with Gasteiger partial charge in [-0.15, -0.1) is 0 Å². The average Bonchev–Trinajstić information content (AvgIpc) is 2.23. The van der Waals surface area contributed by atoms with Crippen LogP contribution in [0.3, 0.4) is 0 Å². The SMILES string of the molecule is C[C@@H]1CCCCC[C@H](O)[C@H](O)C=CC(=O)O1. The van der Waals surface area contributed by atoms with Crippen molar-refractivity contribution in [3.05, 3.63) is 12.2 Å². The van der Waals surface area contributed by atoms with Gasteiger partial charge in [0.1, 0.15) is 0 Å². The second-order valence-corrected chi connectivity index (χ2v) is 4.30. The van der Waals surface area contributed by atoms with E-state index in [1.165, 1.54) is 12.2 Å². The van der Waals surface area contributed by atoms with Crippen LogP contribution in [0.5, 0.6) is 0 Å². The molecular weight excluding hydrogens is 208 g/mol. The molecule has 92 valence electrons. The number of aliphatic hydroxyl groups is 2. The molecule has 1 heterocycles. The second-order valence-electron chi connectivity index (χ2n) is 4.30. The van der Waals surface area contributed by atoms with E-state index in [9.17, 15) is 15.0 Å². The van der Waals surface area contributed by atoms with Crippen LogP contribution in [0.15, 0.2) is 12.2 Å². The van der Waals surface area contributed by atoms with Crippen molar-refractivity contribution < 1.29 is 19.7 Å². The molecule has 16 heavy (non-hydrogen) atoms. The number of carbonyl (C=O) groups excluding carboxylic acids is 1. The summed E-state index contributed by atoms with van der Waals surface area (Å²) in [4.78, 5) is 11.3. The number of hydrogen-bond acceptors (Lipinski definition) is 4. The van der Waals surface area contributed by atoms with Crippen LogP contribution in [0.2, 0.25) is 0 Å². The number of esters is 1. The van der Waals surface area contributed by atoms with Gasteiger partial charge >= 0.3 is 5.97 Å². The van der Waals surface area contributed by atoms with Crippen LogP contribution in [0.25, 0.3) is 0 Å². The molecule has 0 radical (unpaired) electrons. The summed E-state index contributed by atoms with van der Waals surface area (Å²) in [5.41, 5.74) is 0. The van der Waals surface area contributed by atoms with E-state index in [0.29, 0.717) is 6.42 Å². The lowest BCUT2D eigenvalue weighted by Crippen LogP contribution is -2.24. The van der Waals surface area contributed by atoms with Gasteiger partial charge in [0.15, 0.2) is 0 Å². The Hall–Kier alpha value is -0.870. The standard InChI is InChI=1S/C12H20O4/c1-9-5-3-2-4-6-10(13)11(14)7-8-12(15)16-9/h7-11,13-14H,2-6H2,1H3/t9-,10+,11-/m1/s1. The molecular formula is C12H20O4. The number of hydrogen-bond donors (Lipinski definition) is 2. The van der Waals surface area contributed by atoms with E-state index >= 15 is 0 Å². The Labute approximate surface area is 95.9 Å². The molecule has 0 saturated heterocycles. The number of carbonyl (C=O) groups is 1. The normalized spacial score (nSPS) is 33.7. The molecule has 1 rings (SSSR count). The van der Waals surface area contributed by atoms with Crippen LogP contribution in [-0.2, 0) is 9.53 Å². The third-order valence-electron chi connectivity index (χ3n) is 2.75. The van der Waals surface area contributed by atoms with E-state index in [1.807, 2.05) is 6.92 Å². The topological polar surface area (TPSA) is 66.8 Å². The van der Waals surface area contributed by atoms with Gasteiger partial charge in [-0.2, -0.15) is 0 Å². The first-order valence-electron chi connectivity index (χ1n) is 5.84. The van der Waals surface area contributed by atoms with Crippen LogP contribution in [0, 0.1) is 0 Å². The van der Waals surface area contributed by atoms with Gasteiger partial charge in [-0.25, -0.2) is 4.79 Å².